The number of carbonyl (C=O) groups excluding carboxylic acids is 2. The second kappa shape index (κ2) is 11.6. The number of rotatable bonds is 9. The fourth-order valence-corrected chi connectivity index (χ4v) is 3.55. The molecule has 0 bridgehead atoms. The van der Waals surface area contributed by atoms with Gasteiger partial charge in [0.05, 0.1) is 0 Å². The van der Waals surface area contributed by atoms with Gasteiger partial charge in [0.2, 0.25) is 5.91 Å². The molecular weight excluding hydrogens is 395 g/mol. The molecule has 31 heavy (non-hydrogen) atoms. The zero-order chi connectivity index (χ0) is 22.1. The van der Waals surface area contributed by atoms with Crippen LogP contribution in [-0.2, 0) is 17.9 Å². The molecule has 166 valence electrons. The highest BCUT2D eigenvalue weighted by Crippen LogP contribution is 2.10. The summed E-state index contributed by atoms with van der Waals surface area (Å²) in [6.07, 6.45) is 0.882. The molecule has 2 amide bonds. The lowest BCUT2D eigenvalue weighted by molar-refractivity contribution is -0.121. The summed E-state index contributed by atoms with van der Waals surface area (Å²) >= 11 is 0. The summed E-state index contributed by atoms with van der Waals surface area (Å²) in [6, 6.07) is 13.7. The Hall–Kier alpha value is -2.77. The van der Waals surface area contributed by atoms with Gasteiger partial charge in [0.1, 0.15) is 5.82 Å². The van der Waals surface area contributed by atoms with Gasteiger partial charge in [-0.25, -0.2) is 4.39 Å². The molecule has 7 heteroatoms. The molecule has 3 rings (SSSR count). The highest BCUT2D eigenvalue weighted by Gasteiger charge is 2.14. The maximum absolute atomic E-state index is 12.9. The summed E-state index contributed by atoms with van der Waals surface area (Å²) < 4.78 is 12.9. The number of hydrogen-bond donors (Lipinski definition) is 2. The van der Waals surface area contributed by atoms with Gasteiger partial charge >= 0.3 is 0 Å². The first-order valence-corrected chi connectivity index (χ1v) is 10.8. The van der Waals surface area contributed by atoms with E-state index in [4.69, 9.17) is 0 Å². The van der Waals surface area contributed by atoms with Crippen molar-refractivity contribution < 1.29 is 14.0 Å². The normalized spacial score (nSPS) is 14.9. The molecule has 2 aromatic rings. The average Bonchev–Trinajstić information content (AvgIpc) is 2.77. The van der Waals surface area contributed by atoms with Crippen molar-refractivity contribution in [1.29, 1.82) is 0 Å². The van der Waals surface area contributed by atoms with Crippen molar-refractivity contribution in [1.82, 2.24) is 20.4 Å². The van der Waals surface area contributed by atoms with Crippen LogP contribution in [0.1, 0.15) is 34.3 Å². The molecule has 0 atom stereocenters. The maximum atomic E-state index is 12.9. The third kappa shape index (κ3) is 7.77. The Morgan fingerprint density at radius 1 is 0.968 bits per heavy atom. The third-order valence-electron chi connectivity index (χ3n) is 5.46. The Kier molecular flexibility index (Phi) is 8.55. The number of hydrogen-bond acceptors (Lipinski definition) is 4. The van der Waals surface area contributed by atoms with Gasteiger partial charge in [-0.05, 0) is 48.9 Å². The van der Waals surface area contributed by atoms with Gasteiger partial charge in [0, 0.05) is 57.8 Å². The van der Waals surface area contributed by atoms with Crippen LogP contribution < -0.4 is 10.6 Å². The van der Waals surface area contributed by atoms with Gasteiger partial charge in [-0.2, -0.15) is 0 Å². The Morgan fingerprint density at radius 2 is 1.68 bits per heavy atom. The fraction of sp³-hybridized carbons (Fsp3) is 0.417. The number of likely N-dealkylation sites (N-methyl/N-ethyl adjacent to an activating group) is 1. The largest absolute Gasteiger partial charge is 0.352 e. The molecular formula is C24H31FN4O2. The number of amides is 2. The lowest BCUT2D eigenvalue weighted by Gasteiger charge is -2.32. The van der Waals surface area contributed by atoms with Crippen LogP contribution in [0, 0.1) is 5.82 Å². The van der Waals surface area contributed by atoms with Crippen molar-refractivity contribution in [2.24, 2.45) is 0 Å². The molecule has 1 saturated heterocycles. The van der Waals surface area contributed by atoms with Crippen LogP contribution >= 0.6 is 0 Å². The second-order valence-electron chi connectivity index (χ2n) is 8.04. The van der Waals surface area contributed by atoms with E-state index in [0.29, 0.717) is 31.5 Å². The van der Waals surface area contributed by atoms with E-state index in [1.807, 2.05) is 12.1 Å². The Bertz CT molecular complexity index is 864. The predicted molar refractivity (Wildman–Crippen MR) is 119 cm³/mol. The number of piperazine rings is 1. The molecule has 0 saturated carbocycles. The van der Waals surface area contributed by atoms with Gasteiger partial charge in [-0.15, -0.1) is 0 Å². The standard InChI is InChI=1S/C24H31FN4O2/c1-28-12-14-29(15-13-28)18-20-5-2-4-19(16-20)17-27-23(30)6-3-11-26-24(31)21-7-9-22(25)10-8-21/h2,4-5,7-10,16H,3,6,11-15,17-18H2,1H3,(H,26,31)(H,27,30). The molecule has 1 heterocycles. The molecule has 1 aliphatic rings. The molecule has 0 aromatic heterocycles. The molecule has 2 aromatic carbocycles. The molecule has 0 unspecified atom stereocenters. The monoisotopic (exact) mass is 426 g/mol. The molecule has 2 N–H and O–H groups in total. The van der Waals surface area contributed by atoms with Crippen molar-refractivity contribution in [3.05, 3.63) is 71.0 Å². The van der Waals surface area contributed by atoms with Gasteiger partial charge in [-0.1, -0.05) is 24.3 Å². The van der Waals surface area contributed by atoms with E-state index in [1.165, 1.54) is 29.8 Å². The Balaban J connectivity index is 1.34. The van der Waals surface area contributed by atoms with E-state index in [1.54, 1.807) is 0 Å². The van der Waals surface area contributed by atoms with Crippen molar-refractivity contribution in [2.75, 3.05) is 39.8 Å². The lowest BCUT2D eigenvalue weighted by Crippen LogP contribution is -2.43. The quantitative estimate of drug-likeness (QED) is 0.605. The van der Waals surface area contributed by atoms with Gasteiger partial charge < -0.3 is 15.5 Å². The zero-order valence-electron chi connectivity index (χ0n) is 18.1. The summed E-state index contributed by atoms with van der Waals surface area (Å²) in [5.74, 6) is -0.684. The lowest BCUT2D eigenvalue weighted by atomic mass is 10.1. The molecule has 0 radical (unpaired) electrons. The Labute approximate surface area is 183 Å². The van der Waals surface area contributed by atoms with Crippen molar-refractivity contribution in [2.45, 2.75) is 25.9 Å². The van der Waals surface area contributed by atoms with Crippen LogP contribution in [0.4, 0.5) is 4.39 Å². The number of halogens is 1. The summed E-state index contributed by atoms with van der Waals surface area (Å²) in [4.78, 5) is 28.9. The first-order valence-electron chi connectivity index (χ1n) is 10.8. The van der Waals surface area contributed by atoms with E-state index in [9.17, 15) is 14.0 Å². The smallest absolute Gasteiger partial charge is 0.251 e. The van der Waals surface area contributed by atoms with Gasteiger partial charge in [-0.3, -0.25) is 14.5 Å². The number of nitrogens with one attached hydrogen (secondary N) is 2. The number of nitrogens with zero attached hydrogens (tertiary/aromatic N) is 2. The first-order chi connectivity index (χ1) is 15.0. The minimum atomic E-state index is -0.377. The first kappa shape index (κ1) is 22.9. The molecule has 1 aliphatic heterocycles. The van der Waals surface area contributed by atoms with E-state index in [0.717, 1.165) is 38.3 Å². The van der Waals surface area contributed by atoms with Crippen molar-refractivity contribution in [3.8, 4) is 0 Å². The number of carbonyl (C=O) groups is 2. The van der Waals surface area contributed by atoms with Crippen LogP contribution in [-0.4, -0.2) is 61.4 Å². The van der Waals surface area contributed by atoms with Crippen molar-refractivity contribution >= 4 is 11.8 Å². The highest BCUT2D eigenvalue weighted by atomic mass is 19.1. The topological polar surface area (TPSA) is 64.7 Å². The summed E-state index contributed by atoms with van der Waals surface area (Å²) in [6.45, 7) is 6.18. The Morgan fingerprint density at radius 3 is 2.42 bits per heavy atom. The molecule has 1 fully saturated rings. The van der Waals surface area contributed by atoms with E-state index in [2.05, 4.69) is 39.6 Å². The van der Waals surface area contributed by atoms with Gasteiger partial charge in [0.25, 0.3) is 5.91 Å². The second-order valence-corrected chi connectivity index (χ2v) is 8.04. The summed E-state index contributed by atoms with van der Waals surface area (Å²) in [7, 11) is 2.15. The van der Waals surface area contributed by atoms with Crippen LogP contribution in [0.3, 0.4) is 0 Å². The summed E-state index contributed by atoms with van der Waals surface area (Å²) in [5, 5.41) is 5.70. The van der Waals surface area contributed by atoms with Crippen LogP contribution in [0.15, 0.2) is 48.5 Å². The van der Waals surface area contributed by atoms with E-state index < -0.39 is 0 Å². The summed E-state index contributed by atoms with van der Waals surface area (Å²) in [5.41, 5.74) is 2.76. The molecule has 0 aliphatic carbocycles. The molecule has 6 nitrogen and oxygen atoms in total. The SMILES string of the molecule is CN1CCN(Cc2cccc(CNC(=O)CCCNC(=O)c3ccc(F)cc3)c2)CC1. The zero-order valence-corrected chi connectivity index (χ0v) is 18.1. The third-order valence-corrected chi connectivity index (χ3v) is 5.46. The maximum Gasteiger partial charge on any atom is 0.251 e. The van der Waals surface area contributed by atoms with Crippen molar-refractivity contribution in [3.63, 3.8) is 0 Å². The predicted octanol–water partition coefficient (Wildman–Crippen LogP) is 2.40. The minimum Gasteiger partial charge on any atom is -0.352 e. The fourth-order valence-electron chi connectivity index (χ4n) is 3.55. The van der Waals surface area contributed by atoms with E-state index >= 15 is 0 Å². The van der Waals surface area contributed by atoms with Crippen LogP contribution in [0.2, 0.25) is 0 Å². The van der Waals surface area contributed by atoms with E-state index in [-0.39, 0.29) is 17.6 Å². The minimum absolute atomic E-state index is 0.0412. The van der Waals surface area contributed by atoms with Gasteiger partial charge in [0.15, 0.2) is 0 Å². The highest BCUT2D eigenvalue weighted by molar-refractivity contribution is 5.94. The number of benzene rings is 2. The average molecular weight is 427 g/mol. The molecule has 0 spiro atoms. The van der Waals surface area contributed by atoms with Crippen LogP contribution in [0.25, 0.3) is 0 Å². The van der Waals surface area contributed by atoms with Crippen LogP contribution in [0.5, 0.6) is 0 Å².